The molecule has 0 unspecified atom stereocenters. The van der Waals surface area contributed by atoms with Crippen molar-refractivity contribution in [2.45, 2.75) is 58.0 Å². The molecule has 2 heteroatoms. The molecule has 0 radical (unpaired) electrons. The first-order valence-electron chi connectivity index (χ1n) is 5.61. The smallest absolute Gasteiger partial charge is 0.0154 e. The van der Waals surface area contributed by atoms with Gasteiger partial charge in [0.2, 0.25) is 0 Å². The summed E-state index contributed by atoms with van der Waals surface area (Å²) in [5.41, 5.74) is 0.519. The van der Waals surface area contributed by atoms with E-state index < -0.39 is 0 Å². The van der Waals surface area contributed by atoms with Crippen LogP contribution < -0.4 is 10.6 Å². The van der Waals surface area contributed by atoms with Crippen LogP contribution in [0.25, 0.3) is 0 Å². The van der Waals surface area contributed by atoms with Crippen molar-refractivity contribution in [1.29, 1.82) is 0 Å². The first-order chi connectivity index (χ1) is 6.12. The second kappa shape index (κ2) is 4.97. The number of unbranched alkanes of at least 4 members (excludes halogenated alkanes) is 1. The minimum Gasteiger partial charge on any atom is -0.315 e. The fraction of sp³-hybridized carbons (Fsp3) is 1.00. The van der Waals surface area contributed by atoms with E-state index in [9.17, 15) is 0 Å². The van der Waals surface area contributed by atoms with Crippen LogP contribution in [0.15, 0.2) is 0 Å². The van der Waals surface area contributed by atoms with Crippen LogP contribution in [-0.2, 0) is 0 Å². The van der Waals surface area contributed by atoms with Gasteiger partial charge in [-0.15, -0.1) is 0 Å². The van der Waals surface area contributed by atoms with Crippen molar-refractivity contribution in [3.63, 3.8) is 0 Å². The van der Waals surface area contributed by atoms with E-state index in [1.54, 1.807) is 0 Å². The second-order valence-electron chi connectivity index (χ2n) is 4.80. The Bertz CT molecular complexity index is 139. The molecule has 2 N–H and O–H groups in total. The van der Waals surface area contributed by atoms with Crippen molar-refractivity contribution >= 4 is 0 Å². The Morgan fingerprint density at radius 3 is 2.31 bits per heavy atom. The average Bonchev–Trinajstić information content (AvgIpc) is 2.76. The summed E-state index contributed by atoms with van der Waals surface area (Å²) in [5.74, 6) is 0. The van der Waals surface area contributed by atoms with Gasteiger partial charge in [0.05, 0.1) is 0 Å². The molecule has 0 saturated heterocycles. The van der Waals surface area contributed by atoms with Crippen LogP contribution in [0, 0.1) is 0 Å². The molecule has 0 aliphatic heterocycles. The zero-order chi connectivity index (χ0) is 9.73. The maximum atomic E-state index is 3.59. The zero-order valence-corrected chi connectivity index (χ0v) is 9.32. The maximum Gasteiger partial charge on any atom is 0.0154 e. The highest BCUT2D eigenvalue weighted by Gasteiger charge is 2.35. The van der Waals surface area contributed by atoms with Crippen molar-refractivity contribution < 1.29 is 0 Å². The van der Waals surface area contributed by atoms with Crippen LogP contribution >= 0.6 is 0 Å². The van der Waals surface area contributed by atoms with Crippen LogP contribution in [0.4, 0.5) is 0 Å². The van der Waals surface area contributed by atoms with Gasteiger partial charge in [0.15, 0.2) is 0 Å². The number of hydrogen-bond acceptors (Lipinski definition) is 2. The lowest BCUT2D eigenvalue weighted by Crippen LogP contribution is -2.29. The van der Waals surface area contributed by atoms with Gasteiger partial charge in [0, 0.05) is 11.6 Å². The van der Waals surface area contributed by atoms with Crippen LogP contribution in [0.3, 0.4) is 0 Å². The number of hydrogen-bond donors (Lipinski definition) is 2. The molecule has 0 aromatic rings. The molecule has 1 aliphatic carbocycles. The van der Waals surface area contributed by atoms with E-state index in [-0.39, 0.29) is 0 Å². The standard InChI is InChI=1S/C11H24N2/c1-10(2)12-8-4-5-9-13-11(3)6-7-11/h10,12-13H,4-9H2,1-3H3. The third-order valence-electron chi connectivity index (χ3n) is 2.71. The molecule has 1 aliphatic rings. The fourth-order valence-electron chi connectivity index (χ4n) is 1.40. The summed E-state index contributed by atoms with van der Waals surface area (Å²) in [6, 6.07) is 0.633. The highest BCUT2D eigenvalue weighted by Crippen LogP contribution is 2.33. The van der Waals surface area contributed by atoms with E-state index >= 15 is 0 Å². The van der Waals surface area contributed by atoms with Gasteiger partial charge in [0.1, 0.15) is 0 Å². The van der Waals surface area contributed by atoms with E-state index in [1.807, 2.05) is 0 Å². The van der Waals surface area contributed by atoms with Crippen molar-refractivity contribution in [2.75, 3.05) is 13.1 Å². The van der Waals surface area contributed by atoms with Crippen molar-refractivity contribution in [3.05, 3.63) is 0 Å². The van der Waals surface area contributed by atoms with Crippen molar-refractivity contribution in [2.24, 2.45) is 0 Å². The topological polar surface area (TPSA) is 24.1 Å². The van der Waals surface area contributed by atoms with E-state index in [4.69, 9.17) is 0 Å². The summed E-state index contributed by atoms with van der Waals surface area (Å²) in [4.78, 5) is 0. The van der Waals surface area contributed by atoms with E-state index in [2.05, 4.69) is 31.4 Å². The van der Waals surface area contributed by atoms with Crippen LogP contribution in [0.1, 0.15) is 46.5 Å². The molecular formula is C11H24N2. The van der Waals surface area contributed by atoms with Gasteiger partial charge < -0.3 is 10.6 Å². The van der Waals surface area contributed by atoms with Gasteiger partial charge >= 0.3 is 0 Å². The van der Waals surface area contributed by atoms with Gasteiger partial charge in [0.25, 0.3) is 0 Å². The molecule has 0 atom stereocenters. The highest BCUT2D eigenvalue weighted by atomic mass is 15.0. The quantitative estimate of drug-likeness (QED) is 0.591. The Morgan fingerprint density at radius 2 is 1.77 bits per heavy atom. The Hall–Kier alpha value is -0.0800. The molecule has 1 rings (SSSR count). The van der Waals surface area contributed by atoms with Gasteiger partial charge in [-0.1, -0.05) is 13.8 Å². The monoisotopic (exact) mass is 184 g/mol. The highest BCUT2D eigenvalue weighted by molar-refractivity contribution is 4.97. The number of rotatable bonds is 7. The lowest BCUT2D eigenvalue weighted by molar-refractivity contribution is 0.498. The lowest BCUT2D eigenvalue weighted by atomic mass is 10.2. The minimum atomic E-state index is 0.519. The number of nitrogens with one attached hydrogen (secondary N) is 2. The third kappa shape index (κ3) is 5.27. The van der Waals surface area contributed by atoms with E-state index in [0.717, 1.165) is 6.54 Å². The maximum absolute atomic E-state index is 3.59. The summed E-state index contributed by atoms with van der Waals surface area (Å²) in [6.45, 7) is 9.07. The van der Waals surface area contributed by atoms with E-state index in [1.165, 1.54) is 32.2 Å². The zero-order valence-electron chi connectivity index (χ0n) is 9.32. The Balaban J connectivity index is 1.79. The second-order valence-corrected chi connectivity index (χ2v) is 4.80. The largest absolute Gasteiger partial charge is 0.315 e. The summed E-state index contributed by atoms with van der Waals surface area (Å²) in [7, 11) is 0. The van der Waals surface area contributed by atoms with Crippen LogP contribution in [-0.4, -0.2) is 24.7 Å². The first kappa shape index (κ1) is 11.0. The van der Waals surface area contributed by atoms with E-state index in [0.29, 0.717) is 11.6 Å². The van der Waals surface area contributed by atoms with Gasteiger partial charge in [-0.2, -0.15) is 0 Å². The molecule has 0 bridgehead atoms. The van der Waals surface area contributed by atoms with Gasteiger partial charge in [-0.05, 0) is 45.7 Å². The predicted molar refractivity (Wildman–Crippen MR) is 58.0 cm³/mol. The molecule has 1 fully saturated rings. The average molecular weight is 184 g/mol. The summed E-state index contributed by atoms with van der Waals surface area (Å²) in [5, 5.41) is 7.02. The summed E-state index contributed by atoms with van der Waals surface area (Å²) >= 11 is 0. The fourth-order valence-corrected chi connectivity index (χ4v) is 1.40. The Labute approximate surface area is 82.5 Å². The molecule has 78 valence electrons. The van der Waals surface area contributed by atoms with Gasteiger partial charge in [-0.3, -0.25) is 0 Å². The molecule has 0 aromatic carbocycles. The van der Waals surface area contributed by atoms with Gasteiger partial charge in [-0.25, -0.2) is 0 Å². The summed E-state index contributed by atoms with van der Waals surface area (Å²) < 4.78 is 0. The normalized spacial score (nSPS) is 19.4. The molecule has 0 heterocycles. The molecule has 0 spiro atoms. The molecule has 0 amide bonds. The molecule has 1 saturated carbocycles. The Kier molecular flexibility index (Phi) is 4.20. The molecular weight excluding hydrogens is 160 g/mol. The van der Waals surface area contributed by atoms with Crippen LogP contribution in [0.5, 0.6) is 0 Å². The van der Waals surface area contributed by atoms with Crippen molar-refractivity contribution in [3.8, 4) is 0 Å². The van der Waals surface area contributed by atoms with Crippen LogP contribution in [0.2, 0.25) is 0 Å². The molecule has 2 nitrogen and oxygen atoms in total. The molecule has 13 heavy (non-hydrogen) atoms. The molecule has 0 aromatic heterocycles. The predicted octanol–water partition coefficient (Wildman–Crippen LogP) is 1.91. The third-order valence-corrected chi connectivity index (χ3v) is 2.71. The SMILES string of the molecule is CC(C)NCCCCNC1(C)CC1. The first-order valence-corrected chi connectivity index (χ1v) is 5.61. The minimum absolute atomic E-state index is 0.519. The lowest BCUT2D eigenvalue weighted by Gasteiger charge is -2.11. The Morgan fingerprint density at radius 1 is 1.15 bits per heavy atom. The summed E-state index contributed by atoms with van der Waals surface area (Å²) in [6.07, 6.45) is 5.34. The van der Waals surface area contributed by atoms with Crippen molar-refractivity contribution in [1.82, 2.24) is 10.6 Å².